The number of nitrogens with zero attached hydrogens (tertiary/aromatic N) is 2. The van der Waals surface area contributed by atoms with E-state index in [1.54, 1.807) is 5.38 Å². The van der Waals surface area contributed by atoms with Crippen molar-refractivity contribution in [1.82, 2.24) is 9.97 Å². The topological polar surface area (TPSA) is 100 Å². The molecule has 146 valence electrons. The van der Waals surface area contributed by atoms with Crippen molar-refractivity contribution in [2.24, 2.45) is 0 Å². The van der Waals surface area contributed by atoms with E-state index in [2.05, 4.69) is 25.9 Å². The van der Waals surface area contributed by atoms with Gasteiger partial charge < -0.3 is 10.2 Å². The highest BCUT2D eigenvalue weighted by Crippen LogP contribution is 2.31. The Balaban J connectivity index is 0.000000166. The van der Waals surface area contributed by atoms with Gasteiger partial charge in [0.1, 0.15) is 13.8 Å². The second-order valence-electron chi connectivity index (χ2n) is 5.52. The Morgan fingerprint density at radius 3 is 1.79 bits per heavy atom. The van der Waals surface area contributed by atoms with Crippen molar-refractivity contribution in [3.63, 3.8) is 0 Å². The molecular weight excluding hydrogens is 476 g/mol. The lowest BCUT2D eigenvalue weighted by Crippen LogP contribution is -1.96. The molecule has 0 aliphatic heterocycles. The third kappa shape index (κ3) is 5.35. The van der Waals surface area contributed by atoms with Crippen LogP contribution in [0.15, 0.2) is 69.8 Å². The van der Waals surface area contributed by atoms with E-state index in [0.29, 0.717) is 8.79 Å². The van der Waals surface area contributed by atoms with Crippen molar-refractivity contribution in [3.8, 4) is 21.1 Å². The molecule has 0 unspecified atom stereocenters. The van der Waals surface area contributed by atoms with E-state index in [4.69, 9.17) is 10.2 Å². The number of rotatable bonds is 4. The highest BCUT2D eigenvalue weighted by Gasteiger charge is 2.15. The maximum Gasteiger partial charge on any atom is 0.356 e. The van der Waals surface area contributed by atoms with Crippen LogP contribution in [0.5, 0.6) is 0 Å². The smallest absolute Gasteiger partial charge is 0.356 e. The maximum atomic E-state index is 10.8. The molecule has 0 aliphatic rings. The quantitative estimate of drug-likeness (QED) is 0.377. The Bertz CT molecular complexity index is 1130. The van der Waals surface area contributed by atoms with Crippen LogP contribution in [0.1, 0.15) is 21.0 Å². The van der Waals surface area contributed by atoms with Gasteiger partial charge in [0.2, 0.25) is 0 Å². The molecule has 0 atom stereocenters. The zero-order chi connectivity index (χ0) is 20.8. The largest absolute Gasteiger partial charge is 0.476 e. The van der Waals surface area contributed by atoms with Crippen LogP contribution in [0, 0.1) is 0 Å². The molecule has 2 heterocycles. The molecular formula is C20H13BrN2O4S2. The van der Waals surface area contributed by atoms with Crippen LogP contribution in [-0.4, -0.2) is 32.1 Å². The fourth-order valence-electron chi connectivity index (χ4n) is 2.22. The minimum absolute atomic E-state index is 0.0684. The molecule has 0 bridgehead atoms. The average Bonchev–Trinajstić information content (AvgIpc) is 3.37. The van der Waals surface area contributed by atoms with Crippen molar-refractivity contribution < 1.29 is 19.8 Å². The minimum atomic E-state index is -1.01. The standard InChI is InChI=1S/C10H6BrNO2S.C10H7NO2S/c11-8-7(10(13)14)12-9(15-8)6-4-2-1-3-5-6;12-10(13)8-6-14-9(11-8)7-4-2-1-3-5-7/h1-5H,(H,13,14);1-6H,(H,12,13). The second kappa shape index (κ2) is 9.55. The Morgan fingerprint density at radius 1 is 0.793 bits per heavy atom. The predicted molar refractivity (Wildman–Crippen MR) is 117 cm³/mol. The molecule has 0 saturated heterocycles. The van der Waals surface area contributed by atoms with Crippen LogP contribution in [0.25, 0.3) is 21.1 Å². The van der Waals surface area contributed by atoms with E-state index < -0.39 is 11.9 Å². The third-order valence-electron chi connectivity index (χ3n) is 3.55. The van der Waals surface area contributed by atoms with Gasteiger partial charge in [0, 0.05) is 16.5 Å². The third-order valence-corrected chi connectivity index (χ3v) is 6.20. The number of thiazole rings is 2. The summed E-state index contributed by atoms with van der Waals surface area (Å²) in [5.74, 6) is -2.00. The fraction of sp³-hybridized carbons (Fsp3) is 0. The first-order valence-electron chi connectivity index (χ1n) is 8.15. The Morgan fingerprint density at radius 2 is 1.34 bits per heavy atom. The second-order valence-corrected chi connectivity index (χ2v) is 8.70. The summed E-state index contributed by atoms with van der Waals surface area (Å²) in [7, 11) is 0. The number of carbonyl (C=O) groups is 2. The molecule has 6 nitrogen and oxygen atoms in total. The number of benzene rings is 2. The van der Waals surface area contributed by atoms with Crippen molar-refractivity contribution in [2.75, 3.05) is 0 Å². The maximum absolute atomic E-state index is 10.8. The van der Waals surface area contributed by atoms with E-state index in [9.17, 15) is 9.59 Å². The SMILES string of the molecule is O=C(O)c1csc(-c2ccccc2)n1.O=C(O)c1nc(-c2ccccc2)sc1Br. The summed E-state index contributed by atoms with van der Waals surface area (Å²) >= 11 is 5.85. The highest BCUT2D eigenvalue weighted by molar-refractivity contribution is 9.11. The predicted octanol–water partition coefficient (Wildman–Crippen LogP) is 5.78. The van der Waals surface area contributed by atoms with Gasteiger partial charge >= 0.3 is 11.9 Å². The molecule has 0 saturated carbocycles. The van der Waals surface area contributed by atoms with Crippen LogP contribution in [0.3, 0.4) is 0 Å². The molecule has 0 spiro atoms. The van der Waals surface area contributed by atoms with Crippen molar-refractivity contribution in [2.45, 2.75) is 0 Å². The lowest BCUT2D eigenvalue weighted by Gasteiger charge is -1.92. The van der Waals surface area contributed by atoms with E-state index in [1.807, 2.05) is 60.7 Å². The molecule has 4 aromatic rings. The molecule has 0 fully saturated rings. The Hall–Kier alpha value is -2.88. The summed E-state index contributed by atoms with van der Waals surface area (Å²) in [4.78, 5) is 29.4. The Labute approximate surface area is 182 Å². The lowest BCUT2D eigenvalue weighted by molar-refractivity contribution is 0.0680. The van der Waals surface area contributed by atoms with Crippen molar-refractivity contribution in [3.05, 3.63) is 81.2 Å². The lowest BCUT2D eigenvalue weighted by atomic mass is 10.2. The summed E-state index contributed by atoms with van der Waals surface area (Å²) in [5, 5.41) is 20.5. The zero-order valence-electron chi connectivity index (χ0n) is 14.7. The molecule has 0 amide bonds. The van der Waals surface area contributed by atoms with Gasteiger partial charge in [-0.1, -0.05) is 60.7 Å². The zero-order valence-corrected chi connectivity index (χ0v) is 17.9. The van der Waals surface area contributed by atoms with Gasteiger partial charge in [-0.15, -0.1) is 22.7 Å². The summed E-state index contributed by atoms with van der Waals surface area (Å²) in [6.45, 7) is 0. The molecule has 2 aromatic heterocycles. The van der Waals surface area contributed by atoms with Crippen LogP contribution in [0.4, 0.5) is 0 Å². The number of halogens is 1. The number of hydrogen-bond donors (Lipinski definition) is 2. The molecule has 2 N–H and O–H groups in total. The molecule has 0 radical (unpaired) electrons. The summed E-state index contributed by atoms with van der Waals surface area (Å²) in [6.07, 6.45) is 0. The van der Waals surface area contributed by atoms with E-state index in [1.165, 1.54) is 22.7 Å². The van der Waals surface area contributed by atoms with Crippen LogP contribution in [0.2, 0.25) is 0 Å². The van der Waals surface area contributed by atoms with E-state index in [-0.39, 0.29) is 11.4 Å². The normalized spacial score (nSPS) is 10.1. The molecule has 9 heteroatoms. The minimum Gasteiger partial charge on any atom is -0.476 e. The van der Waals surface area contributed by atoms with Gasteiger partial charge in [-0.05, 0) is 15.9 Å². The number of hydrogen-bond acceptors (Lipinski definition) is 6. The van der Waals surface area contributed by atoms with Crippen molar-refractivity contribution in [1.29, 1.82) is 0 Å². The number of aromatic nitrogens is 2. The van der Waals surface area contributed by atoms with Gasteiger partial charge in [0.25, 0.3) is 0 Å². The first kappa shape index (κ1) is 20.8. The highest BCUT2D eigenvalue weighted by atomic mass is 79.9. The van der Waals surface area contributed by atoms with Gasteiger partial charge in [-0.3, -0.25) is 0 Å². The average molecular weight is 489 g/mol. The first-order valence-corrected chi connectivity index (χ1v) is 10.6. The fourth-order valence-corrected chi connectivity index (χ4v) is 4.53. The molecule has 0 aliphatic carbocycles. The van der Waals surface area contributed by atoms with Crippen LogP contribution in [-0.2, 0) is 0 Å². The van der Waals surface area contributed by atoms with E-state index >= 15 is 0 Å². The summed E-state index contributed by atoms with van der Waals surface area (Å²) in [5.41, 5.74) is 2.05. The Kier molecular flexibility index (Phi) is 6.86. The van der Waals surface area contributed by atoms with Crippen molar-refractivity contribution >= 4 is 50.5 Å². The van der Waals surface area contributed by atoms with Gasteiger partial charge in [0.05, 0.1) is 0 Å². The van der Waals surface area contributed by atoms with Crippen LogP contribution >= 0.6 is 38.6 Å². The summed E-state index contributed by atoms with van der Waals surface area (Å²) < 4.78 is 0.550. The van der Waals surface area contributed by atoms with Crippen LogP contribution < -0.4 is 0 Å². The van der Waals surface area contributed by atoms with Gasteiger partial charge in [-0.25, -0.2) is 19.6 Å². The number of carboxylic acids is 2. The monoisotopic (exact) mass is 488 g/mol. The number of carboxylic acid groups (broad SMARTS) is 2. The first-order chi connectivity index (χ1) is 14.0. The van der Waals surface area contributed by atoms with Gasteiger partial charge in [-0.2, -0.15) is 0 Å². The summed E-state index contributed by atoms with van der Waals surface area (Å²) in [6, 6.07) is 19.0. The molecule has 4 rings (SSSR count). The van der Waals surface area contributed by atoms with E-state index in [0.717, 1.165) is 16.1 Å². The molecule has 29 heavy (non-hydrogen) atoms. The van der Waals surface area contributed by atoms with Gasteiger partial charge in [0.15, 0.2) is 11.4 Å². The molecule has 2 aromatic carbocycles. The number of aromatic carboxylic acids is 2.